The van der Waals surface area contributed by atoms with Crippen molar-refractivity contribution in [3.63, 3.8) is 0 Å². The van der Waals surface area contributed by atoms with Crippen LogP contribution < -0.4 is 5.73 Å². The Morgan fingerprint density at radius 3 is 2.74 bits per heavy atom. The second kappa shape index (κ2) is 6.34. The van der Waals surface area contributed by atoms with E-state index in [9.17, 15) is 0 Å². The molecule has 2 rings (SSSR count). The summed E-state index contributed by atoms with van der Waals surface area (Å²) < 4.78 is 0. The molecule has 0 amide bonds. The van der Waals surface area contributed by atoms with Gasteiger partial charge in [-0.25, -0.2) is 0 Å². The van der Waals surface area contributed by atoms with Crippen LogP contribution in [0.3, 0.4) is 0 Å². The minimum absolute atomic E-state index is 0.719. The maximum atomic E-state index is 5.63. The predicted octanol–water partition coefficient (Wildman–Crippen LogP) is 2.65. The van der Waals surface area contributed by atoms with Crippen molar-refractivity contribution in [1.82, 2.24) is 9.88 Å². The fraction of sp³-hybridized carbons (Fsp3) is 0.312. The van der Waals surface area contributed by atoms with E-state index < -0.39 is 0 Å². The van der Waals surface area contributed by atoms with Crippen molar-refractivity contribution in [1.29, 1.82) is 0 Å². The summed E-state index contributed by atoms with van der Waals surface area (Å²) in [6, 6.07) is 12.5. The minimum atomic E-state index is 0.719. The maximum Gasteiger partial charge on any atom is 0.0501 e. The average Bonchev–Trinajstić information content (AvgIpc) is 2.38. The van der Waals surface area contributed by atoms with Crippen LogP contribution in [-0.4, -0.2) is 23.5 Å². The van der Waals surface area contributed by atoms with Gasteiger partial charge in [0.05, 0.1) is 11.9 Å². The lowest BCUT2D eigenvalue weighted by Crippen LogP contribution is -2.21. The molecule has 1 aromatic carbocycles. The summed E-state index contributed by atoms with van der Waals surface area (Å²) in [4.78, 5) is 6.63. The van der Waals surface area contributed by atoms with E-state index in [1.807, 2.05) is 12.1 Å². The molecule has 0 bridgehead atoms. The van der Waals surface area contributed by atoms with Crippen molar-refractivity contribution < 1.29 is 0 Å². The molecule has 0 aliphatic rings. The van der Waals surface area contributed by atoms with E-state index in [1.54, 1.807) is 6.20 Å². The highest BCUT2D eigenvalue weighted by Gasteiger charge is 2.02. The van der Waals surface area contributed by atoms with Crippen LogP contribution in [-0.2, 0) is 13.0 Å². The molecule has 0 aliphatic heterocycles. The lowest BCUT2D eigenvalue weighted by Gasteiger charge is -2.16. The number of aryl methyl sites for hydroxylation is 1. The standard InChI is InChI=1S/C16H21N3/c1-13-4-3-5-14(10-13)12-19(2)9-8-16-7-6-15(17)11-18-16/h3-7,10-11H,8-9,12,17H2,1-2H3. The number of likely N-dealkylation sites (N-methyl/N-ethyl adjacent to an activating group) is 1. The molecule has 0 aliphatic carbocycles. The smallest absolute Gasteiger partial charge is 0.0501 e. The Morgan fingerprint density at radius 2 is 2.05 bits per heavy atom. The molecule has 0 fully saturated rings. The molecule has 2 aromatic rings. The minimum Gasteiger partial charge on any atom is -0.397 e. The Labute approximate surface area is 115 Å². The Balaban J connectivity index is 1.84. The molecule has 3 heteroatoms. The number of rotatable bonds is 5. The molecule has 0 radical (unpaired) electrons. The normalized spacial score (nSPS) is 10.9. The van der Waals surface area contributed by atoms with Crippen molar-refractivity contribution in [3.8, 4) is 0 Å². The van der Waals surface area contributed by atoms with Crippen LogP contribution in [0.25, 0.3) is 0 Å². The first-order valence-corrected chi connectivity index (χ1v) is 6.58. The maximum absolute atomic E-state index is 5.63. The molecule has 2 N–H and O–H groups in total. The lowest BCUT2D eigenvalue weighted by molar-refractivity contribution is 0.330. The molecular formula is C16H21N3. The topological polar surface area (TPSA) is 42.1 Å². The Bertz CT molecular complexity index is 520. The van der Waals surface area contributed by atoms with E-state index in [4.69, 9.17) is 5.73 Å². The van der Waals surface area contributed by atoms with Gasteiger partial charge in [0.15, 0.2) is 0 Å². The van der Waals surface area contributed by atoms with E-state index >= 15 is 0 Å². The van der Waals surface area contributed by atoms with Gasteiger partial charge in [-0.15, -0.1) is 0 Å². The van der Waals surface area contributed by atoms with Crippen molar-refractivity contribution in [2.24, 2.45) is 0 Å². The average molecular weight is 255 g/mol. The summed E-state index contributed by atoms with van der Waals surface area (Å²) in [5, 5.41) is 0. The van der Waals surface area contributed by atoms with Gasteiger partial charge in [-0.05, 0) is 31.7 Å². The van der Waals surface area contributed by atoms with Gasteiger partial charge < -0.3 is 10.6 Å². The summed E-state index contributed by atoms with van der Waals surface area (Å²) in [7, 11) is 2.14. The number of aromatic nitrogens is 1. The molecule has 100 valence electrons. The molecule has 3 nitrogen and oxygen atoms in total. The van der Waals surface area contributed by atoms with Gasteiger partial charge in [0.25, 0.3) is 0 Å². The second-order valence-electron chi connectivity index (χ2n) is 5.06. The van der Waals surface area contributed by atoms with Gasteiger partial charge >= 0.3 is 0 Å². The molecule has 0 saturated carbocycles. The van der Waals surface area contributed by atoms with Crippen LogP contribution >= 0.6 is 0 Å². The number of pyridine rings is 1. The number of hydrogen-bond acceptors (Lipinski definition) is 3. The summed E-state index contributed by atoms with van der Waals surface area (Å²) in [6.45, 7) is 4.09. The third-order valence-electron chi connectivity index (χ3n) is 3.13. The first kappa shape index (κ1) is 13.6. The van der Waals surface area contributed by atoms with Gasteiger partial charge in [-0.2, -0.15) is 0 Å². The van der Waals surface area contributed by atoms with Crippen molar-refractivity contribution in [3.05, 3.63) is 59.4 Å². The highest BCUT2D eigenvalue weighted by Crippen LogP contribution is 2.08. The van der Waals surface area contributed by atoms with Crippen LogP contribution in [0.15, 0.2) is 42.6 Å². The largest absolute Gasteiger partial charge is 0.397 e. The number of nitrogen functional groups attached to an aromatic ring is 1. The van der Waals surface area contributed by atoms with Crippen LogP contribution in [0.1, 0.15) is 16.8 Å². The molecular weight excluding hydrogens is 234 g/mol. The fourth-order valence-corrected chi connectivity index (χ4v) is 2.09. The molecule has 0 spiro atoms. The molecule has 1 aromatic heterocycles. The van der Waals surface area contributed by atoms with Gasteiger partial charge in [0.1, 0.15) is 0 Å². The number of nitrogens with two attached hydrogens (primary N) is 1. The zero-order valence-electron chi connectivity index (χ0n) is 11.6. The Morgan fingerprint density at radius 1 is 1.21 bits per heavy atom. The highest BCUT2D eigenvalue weighted by molar-refractivity contribution is 5.34. The number of benzene rings is 1. The van der Waals surface area contributed by atoms with Crippen LogP contribution in [0.5, 0.6) is 0 Å². The van der Waals surface area contributed by atoms with Crippen molar-refractivity contribution in [2.75, 3.05) is 19.3 Å². The van der Waals surface area contributed by atoms with Crippen LogP contribution in [0, 0.1) is 6.92 Å². The van der Waals surface area contributed by atoms with Gasteiger partial charge in [-0.1, -0.05) is 29.8 Å². The fourth-order valence-electron chi connectivity index (χ4n) is 2.09. The van der Waals surface area contributed by atoms with E-state index in [0.29, 0.717) is 0 Å². The predicted molar refractivity (Wildman–Crippen MR) is 79.9 cm³/mol. The van der Waals surface area contributed by atoms with Gasteiger partial charge in [-0.3, -0.25) is 4.98 Å². The highest BCUT2D eigenvalue weighted by atomic mass is 15.1. The number of anilines is 1. The Kier molecular flexibility index (Phi) is 4.53. The van der Waals surface area contributed by atoms with Crippen molar-refractivity contribution >= 4 is 5.69 Å². The number of nitrogens with zero attached hydrogens (tertiary/aromatic N) is 2. The van der Waals surface area contributed by atoms with E-state index in [-0.39, 0.29) is 0 Å². The third kappa shape index (κ3) is 4.38. The SMILES string of the molecule is Cc1cccc(CN(C)CCc2ccc(N)cn2)c1. The van der Waals surface area contributed by atoms with E-state index in [1.165, 1.54) is 11.1 Å². The van der Waals surface area contributed by atoms with Crippen LogP contribution in [0.2, 0.25) is 0 Å². The Hall–Kier alpha value is -1.87. The van der Waals surface area contributed by atoms with Gasteiger partial charge in [0, 0.05) is 25.2 Å². The molecule has 0 saturated heterocycles. The first-order valence-electron chi connectivity index (χ1n) is 6.58. The zero-order valence-corrected chi connectivity index (χ0v) is 11.6. The molecule has 0 unspecified atom stereocenters. The van der Waals surface area contributed by atoms with Crippen molar-refractivity contribution in [2.45, 2.75) is 19.9 Å². The molecule has 0 atom stereocenters. The number of hydrogen-bond donors (Lipinski definition) is 1. The van der Waals surface area contributed by atoms with Crippen LogP contribution in [0.4, 0.5) is 5.69 Å². The summed E-state index contributed by atoms with van der Waals surface area (Å²) in [5.41, 5.74) is 10.1. The lowest BCUT2D eigenvalue weighted by atomic mass is 10.1. The zero-order chi connectivity index (χ0) is 13.7. The summed E-state index contributed by atoms with van der Waals surface area (Å²) in [6.07, 6.45) is 2.67. The third-order valence-corrected chi connectivity index (χ3v) is 3.13. The monoisotopic (exact) mass is 255 g/mol. The molecule has 19 heavy (non-hydrogen) atoms. The molecule has 1 heterocycles. The van der Waals surface area contributed by atoms with E-state index in [0.717, 1.165) is 30.9 Å². The van der Waals surface area contributed by atoms with E-state index in [2.05, 4.69) is 48.1 Å². The quantitative estimate of drug-likeness (QED) is 0.893. The van der Waals surface area contributed by atoms with Gasteiger partial charge in [0.2, 0.25) is 0 Å². The first-order chi connectivity index (χ1) is 9.13. The summed E-state index contributed by atoms with van der Waals surface area (Å²) in [5.74, 6) is 0. The summed E-state index contributed by atoms with van der Waals surface area (Å²) >= 11 is 0. The second-order valence-corrected chi connectivity index (χ2v) is 5.06.